The van der Waals surface area contributed by atoms with Crippen molar-refractivity contribution >= 4 is 17.2 Å². The van der Waals surface area contributed by atoms with Gasteiger partial charge in [0, 0.05) is 18.0 Å². The Labute approximate surface area is 104 Å². The molecule has 0 bridgehead atoms. The fourth-order valence-corrected chi connectivity index (χ4v) is 2.08. The van der Waals surface area contributed by atoms with Crippen LogP contribution in [0.1, 0.15) is 19.5 Å². The number of hydrogen-bond donors (Lipinski definition) is 2. The highest BCUT2D eigenvalue weighted by Crippen LogP contribution is 2.22. The fraction of sp³-hybridized carbons (Fsp3) is 0.364. The Balaban J connectivity index is 2.38. The van der Waals surface area contributed by atoms with Crippen LogP contribution >= 0.6 is 11.3 Å². The molecule has 0 saturated heterocycles. The zero-order valence-corrected chi connectivity index (χ0v) is 10.7. The van der Waals surface area contributed by atoms with E-state index < -0.39 is 0 Å². The zero-order chi connectivity index (χ0) is 12.3. The third-order valence-corrected chi connectivity index (χ3v) is 2.97. The molecule has 2 rings (SSSR count). The lowest BCUT2D eigenvalue weighted by Gasteiger charge is -2.08. The molecule has 0 aromatic carbocycles. The van der Waals surface area contributed by atoms with Gasteiger partial charge in [-0.3, -0.25) is 4.98 Å². The lowest BCUT2D eigenvalue weighted by molar-refractivity contribution is 0.635. The molecule has 2 aromatic rings. The molecule has 0 unspecified atom stereocenters. The molecule has 0 atom stereocenters. The van der Waals surface area contributed by atoms with Gasteiger partial charge in [-0.1, -0.05) is 13.8 Å². The Bertz CT molecular complexity index is 481. The van der Waals surface area contributed by atoms with Crippen LogP contribution in [0.3, 0.4) is 0 Å². The van der Waals surface area contributed by atoms with E-state index in [-0.39, 0.29) is 0 Å². The van der Waals surface area contributed by atoms with E-state index in [0.29, 0.717) is 17.6 Å². The van der Waals surface area contributed by atoms with Gasteiger partial charge in [0.15, 0.2) is 5.82 Å². The maximum absolute atomic E-state index is 5.42. The first-order valence-electron chi connectivity index (χ1n) is 5.42. The Morgan fingerprint density at radius 1 is 1.41 bits per heavy atom. The molecule has 90 valence electrons. The second kappa shape index (κ2) is 5.20. The maximum Gasteiger partial charge on any atom is 0.173 e. The average molecular weight is 249 g/mol. The maximum atomic E-state index is 5.42. The molecule has 0 spiro atoms. The summed E-state index contributed by atoms with van der Waals surface area (Å²) in [6.45, 7) is 4.31. The molecule has 0 amide bonds. The zero-order valence-electron chi connectivity index (χ0n) is 9.84. The predicted molar refractivity (Wildman–Crippen MR) is 69.5 cm³/mol. The van der Waals surface area contributed by atoms with Gasteiger partial charge in [-0.25, -0.2) is 15.8 Å². The minimum atomic E-state index is 0.546. The molecule has 6 heteroatoms. The second-order valence-corrected chi connectivity index (χ2v) is 5.06. The molecule has 0 aliphatic rings. The molecule has 2 heterocycles. The van der Waals surface area contributed by atoms with E-state index in [0.717, 1.165) is 17.0 Å². The number of thiazole rings is 1. The summed E-state index contributed by atoms with van der Waals surface area (Å²) < 4.78 is 0. The first kappa shape index (κ1) is 11.9. The summed E-state index contributed by atoms with van der Waals surface area (Å²) in [5.74, 6) is 7.28. The Morgan fingerprint density at radius 3 is 2.82 bits per heavy atom. The Morgan fingerprint density at radius 2 is 2.24 bits per heavy atom. The summed E-state index contributed by atoms with van der Waals surface area (Å²) in [5, 5.41) is 0. The Kier molecular flexibility index (Phi) is 3.65. The minimum Gasteiger partial charge on any atom is -0.308 e. The normalized spacial score (nSPS) is 10.8. The summed E-state index contributed by atoms with van der Waals surface area (Å²) in [4.78, 5) is 13.8. The SMILES string of the molecule is CC(C)Cc1cc(NN)nc(-c2cncs2)n1. The lowest BCUT2D eigenvalue weighted by Crippen LogP contribution is -2.11. The van der Waals surface area contributed by atoms with Gasteiger partial charge in [0.2, 0.25) is 0 Å². The van der Waals surface area contributed by atoms with Crippen LogP contribution < -0.4 is 11.3 Å². The van der Waals surface area contributed by atoms with Gasteiger partial charge in [0.25, 0.3) is 0 Å². The molecule has 5 nitrogen and oxygen atoms in total. The van der Waals surface area contributed by atoms with E-state index in [1.807, 2.05) is 6.07 Å². The molecular weight excluding hydrogens is 234 g/mol. The van der Waals surface area contributed by atoms with E-state index in [9.17, 15) is 0 Å². The van der Waals surface area contributed by atoms with Crippen LogP contribution in [0.25, 0.3) is 10.7 Å². The highest BCUT2D eigenvalue weighted by Gasteiger charge is 2.08. The van der Waals surface area contributed by atoms with Gasteiger partial charge in [-0.15, -0.1) is 11.3 Å². The van der Waals surface area contributed by atoms with Crippen molar-refractivity contribution in [2.75, 3.05) is 5.43 Å². The van der Waals surface area contributed by atoms with Crippen LogP contribution in [0.15, 0.2) is 17.8 Å². The topological polar surface area (TPSA) is 76.7 Å². The van der Waals surface area contributed by atoms with Gasteiger partial charge in [-0.2, -0.15) is 0 Å². The number of hydrazine groups is 1. The van der Waals surface area contributed by atoms with Gasteiger partial charge >= 0.3 is 0 Å². The van der Waals surface area contributed by atoms with Crippen molar-refractivity contribution in [1.82, 2.24) is 15.0 Å². The van der Waals surface area contributed by atoms with E-state index in [1.54, 1.807) is 11.7 Å². The van der Waals surface area contributed by atoms with Crippen molar-refractivity contribution in [2.45, 2.75) is 20.3 Å². The molecule has 3 N–H and O–H groups in total. The van der Waals surface area contributed by atoms with Crippen LogP contribution in [0, 0.1) is 5.92 Å². The summed E-state index contributed by atoms with van der Waals surface area (Å²) in [7, 11) is 0. The minimum absolute atomic E-state index is 0.546. The largest absolute Gasteiger partial charge is 0.308 e. The number of nitrogens with zero attached hydrogens (tertiary/aromatic N) is 3. The highest BCUT2D eigenvalue weighted by atomic mass is 32.1. The van der Waals surface area contributed by atoms with Crippen LogP contribution in [-0.4, -0.2) is 15.0 Å². The third kappa shape index (κ3) is 2.98. The number of hydrogen-bond acceptors (Lipinski definition) is 6. The number of rotatable bonds is 4. The van der Waals surface area contributed by atoms with Gasteiger partial charge in [0.05, 0.1) is 10.4 Å². The van der Waals surface area contributed by atoms with E-state index in [4.69, 9.17) is 5.84 Å². The monoisotopic (exact) mass is 249 g/mol. The van der Waals surface area contributed by atoms with Gasteiger partial charge in [-0.05, 0) is 12.3 Å². The molecule has 0 aliphatic heterocycles. The Hall–Kier alpha value is -1.53. The van der Waals surface area contributed by atoms with Crippen LogP contribution in [0.5, 0.6) is 0 Å². The summed E-state index contributed by atoms with van der Waals surface area (Å²) in [5.41, 5.74) is 5.34. The van der Waals surface area contributed by atoms with E-state index in [2.05, 4.69) is 34.2 Å². The average Bonchev–Trinajstić information content (AvgIpc) is 2.81. The summed E-state index contributed by atoms with van der Waals surface area (Å²) >= 11 is 1.52. The van der Waals surface area contributed by atoms with Crippen molar-refractivity contribution in [3.8, 4) is 10.7 Å². The predicted octanol–water partition coefficient (Wildman–Crippen LogP) is 2.08. The third-order valence-electron chi connectivity index (χ3n) is 2.20. The molecule has 0 aliphatic carbocycles. The molecule has 0 saturated carbocycles. The summed E-state index contributed by atoms with van der Waals surface area (Å²) in [6, 6.07) is 1.88. The number of anilines is 1. The number of nitrogens with one attached hydrogen (secondary N) is 1. The van der Waals surface area contributed by atoms with Gasteiger partial charge in [0.1, 0.15) is 5.82 Å². The lowest BCUT2D eigenvalue weighted by atomic mass is 10.1. The first-order valence-corrected chi connectivity index (χ1v) is 6.30. The molecule has 17 heavy (non-hydrogen) atoms. The van der Waals surface area contributed by atoms with Crippen molar-refractivity contribution in [3.63, 3.8) is 0 Å². The van der Waals surface area contributed by atoms with Crippen molar-refractivity contribution in [2.24, 2.45) is 11.8 Å². The highest BCUT2D eigenvalue weighted by molar-refractivity contribution is 7.13. The smallest absolute Gasteiger partial charge is 0.173 e. The molecular formula is C11H15N5S. The quantitative estimate of drug-likeness (QED) is 0.641. The van der Waals surface area contributed by atoms with Crippen LogP contribution in [-0.2, 0) is 6.42 Å². The first-order chi connectivity index (χ1) is 8.19. The van der Waals surface area contributed by atoms with Crippen LogP contribution in [0.2, 0.25) is 0 Å². The molecule has 0 radical (unpaired) electrons. The fourth-order valence-electron chi connectivity index (χ4n) is 1.53. The van der Waals surface area contributed by atoms with E-state index in [1.165, 1.54) is 11.3 Å². The standard InChI is InChI=1S/C11H15N5S/c1-7(2)3-8-4-10(16-12)15-11(14-8)9-5-13-6-17-9/h4-7H,3,12H2,1-2H3,(H,14,15,16). The molecule has 0 fully saturated rings. The van der Waals surface area contributed by atoms with Crippen molar-refractivity contribution in [1.29, 1.82) is 0 Å². The van der Waals surface area contributed by atoms with Crippen LogP contribution in [0.4, 0.5) is 5.82 Å². The summed E-state index contributed by atoms with van der Waals surface area (Å²) in [6.07, 6.45) is 2.67. The number of nitrogens with two attached hydrogens (primary N) is 1. The number of aromatic nitrogens is 3. The molecule has 2 aromatic heterocycles. The number of nitrogen functional groups attached to an aromatic ring is 1. The van der Waals surface area contributed by atoms with Crippen molar-refractivity contribution in [3.05, 3.63) is 23.5 Å². The van der Waals surface area contributed by atoms with Crippen molar-refractivity contribution < 1.29 is 0 Å². The van der Waals surface area contributed by atoms with E-state index >= 15 is 0 Å². The van der Waals surface area contributed by atoms with Gasteiger partial charge < -0.3 is 5.43 Å². The second-order valence-electron chi connectivity index (χ2n) is 4.18.